The number of piperazine rings is 1. The maximum absolute atomic E-state index is 13.0. The molecular formula is C18H34N4O5SSi. The SMILES string of the molecule is C[Si](C)(C)CCOCn1cc(CCCO)nc(N2CCN(S(C)(=O)=O)CC2)c1=O. The summed E-state index contributed by atoms with van der Waals surface area (Å²) in [5, 5.41) is 9.13. The second-order valence-electron chi connectivity index (χ2n) is 8.66. The summed E-state index contributed by atoms with van der Waals surface area (Å²) < 4.78 is 32.2. The molecule has 0 radical (unpaired) electrons. The van der Waals surface area contributed by atoms with E-state index in [9.17, 15) is 13.2 Å². The Morgan fingerprint density at radius 3 is 2.41 bits per heavy atom. The monoisotopic (exact) mass is 446 g/mol. The average molecular weight is 447 g/mol. The summed E-state index contributed by atoms with van der Waals surface area (Å²) in [6.45, 7) is 9.12. The molecule has 1 aliphatic rings. The second kappa shape index (κ2) is 10.2. The summed E-state index contributed by atoms with van der Waals surface area (Å²) in [6, 6.07) is 1.02. The van der Waals surface area contributed by atoms with Crippen molar-refractivity contribution < 1.29 is 18.3 Å². The van der Waals surface area contributed by atoms with Crippen molar-refractivity contribution in [2.24, 2.45) is 0 Å². The molecule has 2 rings (SSSR count). The first kappa shape index (κ1) is 24.0. The van der Waals surface area contributed by atoms with Crippen LogP contribution in [0.5, 0.6) is 0 Å². The van der Waals surface area contributed by atoms with Gasteiger partial charge in [-0.2, -0.15) is 4.31 Å². The zero-order chi connectivity index (χ0) is 21.7. The van der Waals surface area contributed by atoms with Gasteiger partial charge in [0.15, 0.2) is 5.82 Å². The number of aliphatic hydroxyl groups is 1. The lowest BCUT2D eigenvalue weighted by Crippen LogP contribution is -2.50. The standard InChI is InChI=1S/C18H34N4O5SSi/c1-28(25,26)22-9-7-20(8-10-22)17-18(24)21(14-16(19-17)6-5-11-23)15-27-12-13-29(2,3)4/h14,23H,5-13,15H2,1-4H3. The zero-order valence-electron chi connectivity index (χ0n) is 17.9. The molecule has 1 aromatic heterocycles. The van der Waals surface area contributed by atoms with Gasteiger partial charge in [-0.25, -0.2) is 13.4 Å². The van der Waals surface area contributed by atoms with Crippen LogP contribution < -0.4 is 10.5 Å². The molecule has 1 aliphatic heterocycles. The van der Waals surface area contributed by atoms with Gasteiger partial charge in [-0.05, 0) is 18.9 Å². The molecule has 0 amide bonds. The van der Waals surface area contributed by atoms with E-state index in [4.69, 9.17) is 9.84 Å². The van der Waals surface area contributed by atoms with Crippen LogP contribution in [0.3, 0.4) is 0 Å². The van der Waals surface area contributed by atoms with Crippen molar-refractivity contribution in [2.75, 3.05) is 50.5 Å². The fourth-order valence-electron chi connectivity index (χ4n) is 3.03. The lowest BCUT2D eigenvalue weighted by Gasteiger charge is -2.33. The van der Waals surface area contributed by atoms with E-state index in [2.05, 4.69) is 24.6 Å². The molecule has 1 saturated heterocycles. The van der Waals surface area contributed by atoms with E-state index in [1.165, 1.54) is 15.1 Å². The lowest BCUT2D eigenvalue weighted by atomic mass is 10.2. The van der Waals surface area contributed by atoms with E-state index in [-0.39, 0.29) is 18.9 Å². The van der Waals surface area contributed by atoms with Crippen molar-refractivity contribution in [3.63, 3.8) is 0 Å². The molecule has 2 heterocycles. The molecule has 166 valence electrons. The molecule has 9 nitrogen and oxygen atoms in total. The topological polar surface area (TPSA) is 105 Å². The zero-order valence-corrected chi connectivity index (χ0v) is 19.7. The minimum atomic E-state index is -3.24. The number of hydrogen-bond acceptors (Lipinski definition) is 7. The molecule has 0 unspecified atom stereocenters. The Bertz CT molecular complexity index is 830. The smallest absolute Gasteiger partial charge is 0.295 e. The van der Waals surface area contributed by atoms with Crippen LogP contribution in [0.15, 0.2) is 11.0 Å². The summed E-state index contributed by atoms with van der Waals surface area (Å²) >= 11 is 0. The third kappa shape index (κ3) is 7.48. The number of aromatic nitrogens is 2. The average Bonchev–Trinajstić information content (AvgIpc) is 2.64. The van der Waals surface area contributed by atoms with E-state index in [0.29, 0.717) is 57.1 Å². The first-order chi connectivity index (χ1) is 13.5. The predicted octanol–water partition coefficient (Wildman–Crippen LogP) is 0.562. The quantitative estimate of drug-likeness (QED) is 0.414. The number of rotatable bonds is 10. The van der Waals surface area contributed by atoms with Gasteiger partial charge >= 0.3 is 0 Å². The maximum atomic E-state index is 13.0. The minimum absolute atomic E-state index is 0.0515. The molecule has 0 saturated carbocycles. The number of sulfonamides is 1. The van der Waals surface area contributed by atoms with Crippen molar-refractivity contribution in [1.29, 1.82) is 0 Å². The van der Waals surface area contributed by atoms with Gasteiger partial charge in [0.25, 0.3) is 5.56 Å². The van der Waals surface area contributed by atoms with Gasteiger partial charge in [-0.3, -0.25) is 9.36 Å². The highest BCUT2D eigenvalue weighted by Gasteiger charge is 2.26. The molecule has 0 aliphatic carbocycles. The largest absolute Gasteiger partial charge is 0.396 e. The molecular weight excluding hydrogens is 412 g/mol. The Morgan fingerprint density at radius 2 is 1.86 bits per heavy atom. The fraction of sp³-hybridized carbons (Fsp3) is 0.778. The third-order valence-corrected chi connectivity index (χ3v) is 7.84. The Morgan fingerprint density at radius 1 is 1.21 bits per heavy atom. The molecule has 1 N–H and O–H groups in total. The number of hydrogen-bond donors (Lipinski definition) is 1. The summed E-state index contributed by atoms with van der Waals surface area (Å²) in [7, 11) is -4.45. The van der Waals surface area contributed by atoms with Gasteiger partial charge in [-0.1, -0.05) is 19.6 Å². The molecule has 1 fully saturated rings. The number of nitrogens with zero attached hydrogens (tertiary/aromatic N) is 4. The number of aliphatic hydroxyl groups excluding tert-OH is 1. The van der Waals surface area contributed by atoms with Gasteiger partial charge in [0.2, 0.25) is 10.0 Å². The highest BCUT2D eigenvalue weighted by molar-refractivity contribution is 7.88. The van der Waals surface area contributed by atoms with Gasteiger partial charge < -0.3 is 14.7 Å². The second-order valence-corrected chi connectivity index (χ2v) is 16.3. The Hall–Kier alpha value is -1.27. The third-order valence-electron chi connectivity index (χ3n) is 4.83. The number of aryl methyl sites for hydroxylation is 1. The van der Waals surface area contributed by atoms with E-state index in [1.807, 2.05) is 4.90 Å². The summed E-state index contributed by atoms with van der Waals surface area (Å²) in [6.07, 6.45) is 4.01. The van der Waals surface area contributed by atoms with E-state index < -0.39 is 18.1 Å². The van der Waals surface area contributed by atoms with Crippen LogP contribution >= 0.6 is 0 Å². The normalized spacial score (nSPS) is 16.4. The van der Waals surface area contributed by atoms with Crippen molar-refractivity contribution in [3.8, 4) is 0 Å². The highest BCUT2D eigenvalue weighted by atomic mass is 32.2. The predicted molar refractivity (Wildman–Crippen MR) is 117 cm³/mol. The first-order valence-electron chi connectivity index (χ1n) is 10.0. The van der Waals surface area contributed by atoms with E-state index in [1.54, 1.807) is 6.20 Å². The van der Waals surface area contributed by atoms with Crippen LogP contribution in [0.25, 0.3) is 0 Å². The maximum Gasteiger partial charge on any atom is 0.295 e. The molecule has 0 aromatic carbocycles. The van der Waals surface area contributed by atoms with Crippen molar-refractivity contribution in [2.45, 2.75) is 45.3 Å². The Balaban J connectivity index is 2.17. The van der Waals surface area contributed by atoms with Crippen LogP contribution in [0.2, 0.25) is 25.7 Å². The molecule has 0 spiro atoms. The summed E-state index contributed by atoms with van der Waals surface area (Å²) in [5.74, 6) is 0.322. The van der Waals surface area contributed by atoms with Crippen LogP contribution in [-0.2, 0) is 27.9 Å². The Kier molecular flexibility index (Phi) is 8.41. The summed E-state index contributed by atoms with van der Waals surface area (Å²) in [4.78, 5) is 19.3. The van der Waals surface area contributed by atoms with Gasteiger partial charge in [0.1, 0.15) is 6.73 Å². The Labute approximate surface area is 174 Å². The van der Waals surface area contributed by atoms with Crippen LogP contribution in [0, 0.1) is 0 Å². The van der Waals surface area contributed by atoms with Crippen LogP contribution in [-0.4, -0.2) is 81.1 Å². The molecule has 29 heavy (non-hydrogen) atoms. The van der Waals surface area contributed by atoms with E-state index >= 15 is 0 Å². The number of anilines is 1. The van der Waals surface area contributed by atoms with Gasteiger partial charge in [0.05, 0.1) is 11.9 Å². The van der Waals surface area contributed by atoms with Crippen LogP contribution in [0.4, 0.5) is 5.82 Å². The van der Waals surface area contributed by atoms with Crippen molar-refractivity contribution >= 4 is 23.9 Å². The van der Waals surface area contributed by atoms with Crippen molar-refractivity contribution in [1.82, 2.24) is 13.9 Å². The summed E-state index contributed by atoms with van der Waals surface area (Å²) in [5.41, 5.74) is 0.478. The minimum Gasteiger partial charge on any atom is -0.396 e. The van der Waals surface area contributed by atoms with Gasteiger partial charge in [-0.15, -0.1) is 0 Å². The first-order valence-corrected chi connectivity index (χ1v) is 15.6. The molecule has 0 bridgehead atoms. The number of ether oxygens (including phenoxy) is 1. The van der Waals surface area contributed by atoms with E-state index in [0.717, 1.165) is 6.04 Å². The molecule has 11 heteroatoms. The lowest BCUT2D eigenvalue weighted by molar-refractivity contribution is 0.0844. The molecule has 0 atom stereocenters. The van der Waals surface area contributed by atoms with Gasteiger partial charge in [0, 0.05) is 53.7 Å². The van der Waals surface area contributed by atoms with Crippen molar-refractivity contribution in [3.05, 3.63) is 22.2 Å². The molecule has 1 aromatic rings. The highest BCUT2D eigenvalue weighted by Crippen LogP contribution is 2.13. The van der Waals surface area contributed by atoms with Crippen LogP contribution in [0.1, 0.15) is 12.1 Å². The fourth-order valence-corrected chi connectivity index (χ4v) is 4.62.